The minimum absolute atomic E-state index is 0. The summed E-state index contributed by atoms with van der Waals surface area (Å²) in [5, 5.41) is 19.5. The Labute approximate surface area is 117 Å². The van der Waals surface area contributed by atoms with Gasteiger partial charge in [-0.2, -0.15) is 0 Å². The summed E-state index contributed by atoms with van der Waals surface area (Å²) in [5.74, 6) is -1.86. The van der Waals surface area contributed by atoms with Gasteiger partial charge in [-0.25, -0.2) is 0 Å². The van der Waals surface area contributed by atoms with E-state index < -0.39 is 11.9 Å². The van der Waals surface area contributed by atoms with Gasteiger partial charge in [0.2, 0.25) is 0 Å². The zero-order chi connectivity index (χ0) is 12.8. The van der Waals surface area contributed by atoms with Crippen LogP contribution < -0.4 is 10.2 Å². The van der Waals surface area contributed by atoms with Crippen molar-refractivity contribution in [3.8, 4) is 0 Å². The van der Waals surface area contributed by atoms with Gasteiger partial charge in [-0.05, 0) is 25.7 Å². The van der Waals surface area contributed by atoms with Gasteiger partial charge in [0, 0.05) is 11.9 Å². The number of carboxylic acids is 2. The van der Waals surface area contributed by atoms with Gasteiger partial charge in [-0.3, -0.25) is 0 Å². The summed E-state index contributed by atoms with van der Waals surface area (Å²) >= 11 is 0. The SMILES string of the molecule is CCCCCC(=O)[O-].CCCCCC(=O)[O-].[Pd+2]. The van der Waals surface area contributed by atoms with Crippen LogP contribution in [-0.4, -0.2) is 11.9 Å². The van der Waals surface area contributed by atoms with Gasteiger partial charge < -0.3 is 19.8 Å². The van der Waals surface area contributed by atoms with E-state index in [9.17, 15) is 19.8 Å². The van der Waals surface area contributed by atoms with Crippen molar-refractivity contribution >= 4 is 11.9 Å². The van der Waals surface area contributed by atoms with Crippen molar-refractivity contribution in [2.75, 3.05) is 0 Å². The van der Waals surface area contributed by atoms with Crippen molar-refractivity contribution in [2.45, 2.75) is 65.2 Å². The predicted molar refractivity (Wildman–Crippen MR) is 58.3 cm³/mol. The zero-order valence-electron chi connectivity index (χ0n) is 10.6. The van der Waals surface area contributed by atoms with Crippen molar-refractivity contribution in [1.82, 2.24) is 0 Å². The third kappa shape index (κ3) is 31.3. The number of aliphatic carboxylic acids is 2. The largest absolute Gasteiger partial charge is 2.00 e. The van der Waals surface area contributed by atoms with E-state index in [4.69, 9.17) is 0 Å². The Hall–Kier alpha value is -0.398. The molecule has 0 aliphatic heterocycles. The summed E-state index contributed by atoms with van der Waals surface area (Å²) in [7, 11) is 0. The van der Waals surface area contributed by atoms with Crippen molar-refractivity contribution < 1.29 is 40.2 Å². The smallest absolute Gasteiger partial charge is 0.550 e. The Kier molecular flexibility index (Phi) is 23.1. The Balaban J connectivity index is -0.000000218. The summed E-state index contributed by atoms with van der Waals surface area (Å²) in [6, 6.07) is 0. The maximum atomic E-state index is 9.76. The zero-order valence-corrected chi connectivity index (χ0v) is 12.2. The molecule has 0 aromatic carbocycles. The quantitative estimate of drug-likeness (QED) is 0.481. The molecule has 0 unspecified atom stereocenters. The third-order valence-corrected chi connectivity index (χ3v) is 1.97. The van der Waals surface area contributed by atoms with E-state index in [1.807, 2.05) is 13.8 Å². The fraction of sp³-hybridized carbons (Fsp3) is 0.833. The number of hydrogen-bond acceptors (Lipinski definition) is 4. The summed E-state index contributed by atoms with van der Waals surface area (Å²) in [6.07, 6.45) is 6.07. The number of carbonyl (C=O) groups excluding carboxylic acids is 2. The summed E-state index contributed by atoms with van der Waals surface area (Å²) in [5.41, 5.74) is 0. The van der Waals surface area contributed by atoms with E-state index in [1.165, 1.54) is 0 Å². The molecular formula is C12H22O4Pd. The number of unbranched alkanes of at least 4 members (excludes halogenated alkanes) is 4. The van der Waals surface area contributed by atoms with Gasteiger partial charge in [0.1, 0.15) is 0 Å². The van der Waals surface area contributed by atoms with Gasteiger partial charge in [0.15, 0.2) is 0 Å². The van der Waals surface area contributed by atoms with Crippen LogP contribution in [0.5, 0.6) is 0 Å². The molecule has 0 aromatic rings. The van der Waals surface area contributed by atoms with Crippen LogP contribution in [0, 0.1) is 0 Å². The molecule has 0 saturated heterocycles. The third-order valence-electron chi connectivity index (χ3n) is 1.97. The number of rotatable bonds is 8. The molecule has 5 heteroatoms. The van der Waals surface area contributed by atoms with Gasteiger partial charge in [-0.1, -0.05) is 39.5 Å². The van der Waals surface area contributed by atoms with Crippen molar-refractivity contribution in [3.63, 3.8) is 0 Å². The second-order valence-electron chi connectivity index (χ2n) is 3.66. The van der Waals surface area contributed by atoms with Crippen LogP contribution in [0.2, 0.25) is 0 Å². The van der Waals surface area contributed by atoms with Crippen LogP contribution >= 0.6 is 0 Å². The van der Waals surface area contributed by atoms with E-state index >= 15 is 0 Å². The first-order valence-corrected chi connectivity index (χ1v) is 5.94. The topological polar surface area (TPSA) is 80.3 Å². The molecule has 17 heavy (non-hydrogen) atoms. The minimum Gasteiger partial charge on any atom is -0.550 e. The number of carbonyl (C=O) groups is 2. The van der Waals surface area contributed by atoms with Crippen LogP contribution in [0.15, 0.2) is 0 Å². The second-order valence-corrected chi connectivity index (χ2v) is 3.66. The molecular weight excluding hydrogens is 315 g/mol. The van der Waals surface area contributed by atoms with Crippen molar-refractivity contribution in [1.29, 1.82) is 0 Å². The van der Waals surface area contributed by atoms with Gasteiger partial charge in [0.25, 0.3) is 0 Å². The predicted octanol–water partition coefficient (Wildman–Crippen LogP) is 0.631. The van der Waals surface area contributed by atoms with Crippen LogP contribution in [0.1, 0.15) is 65.2 Å². The molecule has 0 radical (unpaired) electrons. The molecule has 0 aromatic heterocycles. The molecule has 0 amide bonds. The second kappa shape index (κ2) is 18.0. The van der Waals surface area contributed by atoms with E-state index in [0.29, 0.717) is 0 Å². The Bertz CT molecular complexity index is 163. The molecule has 0 N–H and O–H groups in total. The fourth-order valence-corrected chi connectivity index (χ4v) is 1.04. The standard InChI is InChI=1S/2C6H12O2.Pd/c2*1-2-3-4-5-6(7)8;/h2*2-5H2,1H3,(H,7,8);/q;;+2/p-2. The molecule has 0 saturated carbocycles. The first-order valence-electron chi connectivity index (χ1n) is 5.94. The van der Waals surface area contributed by atoms with Crippen molar-refractivity contribution in [3.05, 3.63) is 0 Å². The molecule has 0 spiro atoms. The molecule has 4 nitrogen and oxygen atoms in total. The Morgan fingerprint density at radius 1 is 0.765 bits per heavy atom. The minimum atomic E-state index is -0.932. The van der Waals surface area contributed by atoms with Crippen molar-refractivity contribution in [2.24, 2.45) is 0 Å². The molecule has 0 fully saturated rings. The normalized spacial score (nSPS) is 8.59. The summed E-state index contributed by atoms with van der Waals surface area (Å²) < 4.78 is 0. The van der Waals surface area contributed by atoms with Gasteiger partial charge in [-0.15, -0.1) is 0 Å². The Morgan fingerprint density at radius 2 is 1.06 bits per heavy atom. The van der Waals surface area contributed by atoms with E-state index in [2.05, 4.69) is 0 Å². The monoisotopic (exact) mass is 336 g/mol. The number of carboxylic acid groups (broad SMARTS) is 2. The first kappa shape index (κ1) is 21.8. The van der Waals surface area contributed by atoms with Crippen LogP contribution in [0.3, 0.4) is 0 Å². The van der Waals surface area contributed by atoms with E-state index in [0.717, 1.165) is 38.5 Å². The molecule has 0 heterocycles. The van der Waals surface area contributed by atoms with E-state index in [1.54, 1.807) is 0 Å². The summed E-state index contributed by atoms with van der Waals surface area (Å²) in [6.45, 7) is 4.07. The van der Waals surface area contributed by atoms with Crippen LogP contribution in [0.25, 0.3) is 0 Å². The van der Waals surface area contributed by atoms with E-state index in [-0.39, 0.29) is 33.3 Å². The molecule has 0 atom stereocenters. The molecule has 0 bridgehead atoms. The van der Waals surface area contributed by atoms with Crippen LogP contribution in [-0.2, 0) is 30.0 Å². The fourth-order valence-electron chi connectivity index (χ4n) is 1.04. The maximum absolute atomic E-state index is 9.76. The van der Waals surface area contributed by atoms with Gasteiger partial charge >= 0.3 is 20.4 Å². The van der Waals surface area contributed by atoms with Crippen LogP contribution in [0.4, 0.5) is 0 Å². The van der Waals surface area contributed by atoms with Gasteiger partial charge in [0.05, 0.1) is 0 Å². The molecule has 0 aliphatic carbocycles. The average molecular weight is 337 g/mol. The Morgan fingerprint density at radius 3 is 1.24 bits per heavy atom. The average Bonchev–Trinajstić information content (AvgIpc) is 2.18. The first-order chi connectivity index (χ1) is 7.54. The summed E-state index contributed by atoms with van der Waals surface area (Å²) in [4.78, 5) is 19.5. The molecule has 104 valence electrons. The maximum Gasteiger partial charge on any atom is 2.00 e. The number of hydrogen-bond donors (Lipinski definition) is 0. The molecule has 0 aliphatic rings. The molecule has 0 rings (SSSR count).